The molecule has 1 aromatic heterocycles. The summed E-state index contributed by atoms with van der Waals surface area (Å²) < 4.78 is 46.8. The van der Waals surface area contributed by atoms with Crippen molar-refractivity contribution in [2.75, 3.05) is 25.1 Å². The van der Waals surface area contributed by atoms with Crippen molar-refractivity contribution in [3.8, 4) is 0 Å². The zero-order valence-electron chi connectivity index (χ0n) is 18.0. The molecule has 6 rings (SSSR count). The minimum atomic E-state index is -4.49. The maximum atomic E-state index is 13.8. The molecule has 8 heteroatoms. The first-order valence-electron chi connectivity index (χ1n) is 11.9. The van der Waals surface area contributed by atoms with Crippen molar-refractivity contribution < 1.29 is 17.9 Å². The number of nitrogens with one attached hydrogen (secondary N) is 2. The maximum absolute atomic E-state index is 13.8. The molecule has 4 saturated carbocycles. The van der Waals surface area contributed by atoms with Crippen LogP contribution in [-0.4, -0.2) is 35.3 Å². The van der Waals surface area contributed by atoms with E-state index in [1.807, 2.05) is 0 Å². The molecule has 0 amide bonds. The summed E-state index contributed by atoms with van der Waals surface area (Å²) in [5, 5.41) is 6.60. The van der Waals surface area contributed by atoms with Crippen LogP contribution >= 0.6 is 0 Å². The molecule has 2 heterocycles. The van der Waals surface area contributed by atoms with Gasteiger partial charge in [0.25, 0.3) is 0 Å². The number of hydrogen-bond acceptors (Lipinski definition) is 5. The Hall–Kier alpha value is -1.41. The van der Waals surface area contributed by atoms with E-state index >= 15 is 0 Å². The zero-order valence-corrected chi connectivity index (χ0v) is 18.0. The van der Waals surface area contributed by atoms with Crippen LogP contribution in [0.4, 0.5) is 19.1 Å². The fourth-order valence-electron chi connectivity index (χ4n) is 6.75. The minimum Gasteiger partial charge on any atom is -0.381 e. The van der Waals surface area contributed by atoms with E-state index in [2.05, 4.69) is 20.6 Å². The largest absolute Gasteiger partial charge is 0.433 e. The molecule has 1 saturated heterocycles. The number of anilines is 1. The topological polar surface area (TPSA) is 59.1 Å². The molecule has 5 nitrogen and oxygen atoms in total. The van der Waals surface area contributed by atoms with E-state index in [0.29, 0.717) is 24.3 Å². The molecule has 2 atom stereocenters. The minimum absolute atomic E-state index is 0.118. The molecule has 31 heavy (non-hydrogen) atoms. The van der Waals surface area contributed by atoms with Crippen molar-refractivity contribution >= 4 is 5.95 Å². The van der Waals surface area contributed by atoms with Crippen LogP contribution in [0.2, 0.25) is 0 Å². The van der Waals surface area contributed by atoms with Gasteiger partial charge in [0.2, 0.25) is 5.95 Å². The molecule has 5 fully saturated rings. The van der Waals surface area contributed by atoms with E-state index in [4.69, 9.17) is 4.74 Å². The van der Waals surface area contributed by atoms with Gasteiger partial charge in [-0.1, -0.05) is 0 Å². The van der Waals surface area contributed by atoms with Gasteiger partial charge in [-0.3, -0.25) is 0 Å². The van der Waals surface area contributed by atoms with Crippen molar-refractivity contribution in [3.63, 3.8) is 0 Å². The summed E-state index contributed by atoms with van der Waals surface area (Å²) >= 11 is 0. The predicted octanol–water partition coefficient (Wildman–Crippen LogP) is 4.78. The molecule has 0 aromatic carbocycles. The Bertz CT molecular complexity index is 767. The van der Waals surface area contributed by atoms with E-state index in [1.165, 1.54) is 31.9 Å². The summed E-state index contributed by atoms with van der Waals surface area (Å²) in [6.07, 6.45) is 6.88. The lowest BCUT2D eigenvalue weighted by atomic mass is 9.65. The van der Waals surface area contributed by atoms with Crippen LogP contribution in [0.1, 0.15) is 69.0 Å². The Morgan fingerprint density at radius 3 is 2.45 bits per heavy atom. The highest BCUT2D eigenvalue weighted by atomic mass is 19.4. The van der Waals surface area contributed by atoms with Gasteiger partial charge < -0.3 is 15.4 Å². The first-order valence-corrected chi connectivity index (χ1v) is 11.9. The summed E-state index contributed by atoms with van der Waals surface area (Å²) in [5.41, 5.74) is -0.830. The predicted molar refractivity (Wildman–Crippen MR) is 111 cm³/mol. The standard InChI is InChI=1S/C23H33F3N4O/c24-23(25,26)20-19(13-27-12-15-2-5-31-6-3-15)14-28-21(29-20)30-22-4-1-16-7-17(10-22)9-18(8-16)11-22/h14-18,27H,1-13H2,(H,28,29,30). The molecular formula is C23H33F3N4O. The van der Waals surface area contributed by atoms with Crippen LogP contribution in [0.5, 0.6) is 0 Å². The summed E-state index contributed by atoms with van der Waals surface area (Å²) in [6, 6.07) is 0. The van der Waals surface area contributed by atoms with Gasteiger partial charge in [0.15, 0.2) is 5.69 Å². The van der Waals surface area contributed by atoms with Crippen LogP contribution in [0.15, 0.2) is 6.20 Å². The summed E-state index contributed by atoms with van der Waals surface area (Å²) in [4.78, 5) is 8.35. The number of fused-ring (bicyclic) bond motifs is 1. The van der Waals surface area contributed by atoms with Gasteiger partial charge in [0.1, 0.15) is 0 Å². The Kier molecular flexibility index (Phi) is 5.88. The number of hydrogen-bond donors (Lipinski definition) is 2. The summed E-state index contributed by atoms with van der Waals surface area (Å²) in [7, 11) is 0. The third-order valence-electron chi connectivity index (χ3n) is 7.99. The average molecular weight is 439 g/mol. The monoisotopic (exact) mass is 438 g/mol. The number of alkyl halides is 3. The van der Waals surface area contributed by atoms with E-state index in [0.717, 1.165) is 51.2 Å². The molecule has 0 spiro atoms. The van der Waals surface area contributed by atoms with Gasteiger partial charge in [0.05, 0.1) is 0 Å². The van der Waals surface area contributed by atoms with Crippen molar-refractivity contribution in [1.29, 1.82) is 0 Å². The van der Waals surface area contributed by atoms with Gasteiger partial charge in [-0.2, -0.15) is 13.2 Å². The lowest BCUT2D eigenvalue weighted by Crippen LogP contribution is -2.45. The van der Waals surface area contributed by atoms with Crippen molar-refractivity contribution in [3.05, 3.63) is 17.5 Å². The fourth-order valence-corrected chi connectivity index (χ4v) is 6.75. The second kappa shape index (κ2) is 8.50. The second-order valence-electron chi connectivity index (χ2n) is 10.4. The van der Waals surface area contributed by atoms with Crippen LogP contribution in [0.25, 0.3) is 0 Å². The van der Waals surface area contributed by atoms with E-state index in [9.17, 15) is 13.2 Å². The third kappa shape index (κ3) is 4.85. The number of rotatable bonds is 6. The third-order valence-corrected chi connectivity index (χ3v) is 7.99. The molecule has 0 radical (unpaired) electrons. The summed E-state index contributed by atoms with van der Waals surface area (Å²) in [5.74, 6) is 2.78. The second-order valence-corrected chi connectivity index (χ2v) is 10.4. The highest BCUT2D eigenvalue weighted by Gasteiger charge is 2.48. The van der Waals surface area contributed by atoms with Gasteiger partial charge in [-0.05, 0) is 88.0 Å². The Labute approximate surface area is 181 Å². The first kappa shape index (κ1) is 21.4. The molecule has 1 aromatic rings. The van der Waals surface area contributed by atoms with Gasteiger partial charge in [-0.15, -0.1) is 0 Å². The molecule has 172 valence electrons. The van der Waals surface area contributed by atoms with Gasteiger partial charge >= 0.3 is 6.18 Å². The number of ether oxygens (including phenoxy) is 1. The van der Waals surface area contributed by atoms with Crippen molar-refractivity contribution in [2.24, 2.45) is 23.7 Å². The molecule has 4 aliphatic carbocycles. The maximum Gasteiger partial charge on any atom is 0.433 e. The molecule has 1 aliphatic heterocycles. The number of halogens is 3. The van der Waals surface area contributed by atoms with Crippen molar-refractivity contribution in [1.82, 2.24) is 15.3 Å². The zero-order chi connectivity index (χ0) is 21.5. The van der Waals surface area contributed by atoms with Crippen LogP contribution < -0.4 is 10.6 Å². The molecule has 5 aliphatic rings. The van der Waals surface area contributed by atoms with Gasteiger partial charge in [0, 0.05) is 37.1 Å². The SMILES string of the molecule is FC(F)(F)c1nc(NC23CCC4CC(CC(C4)C2)C3)ncc1CNCC1CCOCC1. The molecule has 2 unspecified atom stereocenters. The lowest BCUT2D eigenvalue weighted by Gasteiger charge is -2.45. The highest BCUT2D eigenvalue weighted by Crippen LogP contribution is 2.53. The van der Waals surface area contributed by atoms with Crippen LogP contribution in [0, 0.1) is 23.7 Å². The van der Waals surface area contributed by atoms with E-state index < -0.39 is 11.9 Å². The molecular weight excluding hydrogens is 405 g/mol. The van der Waals surface area contributed by atoms with Crippen LogP contribution in [0.3, 0.4) is 0 Å². The molecule has 2 N–H and O–H groups in total. The summed E-state index contributed by atoms with van der Waals surface area (Å²) in [6.45, 7) is 2.28. The number of nitrogens with zero attached hydrogens (tertiary/aromatic N) is 2. The van der Waals surface area contributed by atoms with Gasteiger partial charge in [-0.25, -0.2) is 9.97 Å². The van der Waals surface area contributed by atoms with E-state index in [1.54, 1.807) is 0 Å². The molecule has 4 bridgehead atoms. The van der Waals surface area contributed by atoms with E-state index in [-0.39, 0.29) is 23.6 Å². The Morgan fingerprint density at radius 1 is 1.03 bits per heavy atom. The Balaban J connectivity index is 1.29. The van der Waals surface area contributed by atoms with Crippen molar-refractivity contribution in [2.45, 2.75) is 76.0 Å². The smallest absolute Gasteiger partial charge is 0.381 e. The van der Waals surface area contributed by atoms with Crippen LogP contribution in [-0.2, 0) is 17.5 Å². The first-order chi connectivity index (χ1) is 14.9. The lowest BCUT2D eigenvalue weighted by molar-refractivity contribution is -0.141. The number of aromatic nitrogens is 2. The fraction of sp³-hybridized carbons (Fsp3) is 0.826. The quantitative estimate of drug-likeness (QED) is 0.669. The highest BCUT2D eigenvalue weighted by molar-refractivity contribution is 5.35. The Morgan fingerprint density at radius 2 is 1.74 bits per heavy atom. The normalized spacial score (nSPS) is 33.5. The average Bonchev–Trinajstić information content (AvgIpc) is 2.92.